The van der Waals surface area contributed by atoms with E-state index in [1.807, 2.05) is 6.07 Å². The third kappa shape index (κ3) is 4.33. The Morgan fingerprint density at radius 3 is 2.78 bits per heavy atom. The Morgan fingerprint density at radius 1 is 1.41 bits per heavy atom. The maximum absolute atomic E-state index is 13.8. The van der Waals surface area contributed by atoms with E-state index in [1.54, 1.807) is 4.90 Å². The second-order valence-electron chi connectivity index (χ2n) is 7.61. The van der Waals surface area contributed by atoms with Gasteiger partial charge in [0, 0.05) is 13.1 Å². The summed E-state index contributed by atoms with van der Waals surface area (Å²) in [6.07, 6.45) is -5.45. The van der Waals surface area contributed by atoms with Crippen LogP contribution in [0.25, 0.3) is 11.0 Å². The van der Waals surface area contributed by atoms with Crippen molar-refractivity contribution in [2.24, 2.45) is 0 Å². The Morgan fingerprint density at radius 2 is 2.16 bits per heavy atom. The van der Waals surface area contributed by atoms with E-state index < -0.39 is 44.7 Å². The van der Waals surface area contributed by atoms with Gasteiger partial charge >= 0.3 is 7.60 Å². The van der Waals surface area contributed by atoms with E-state index in [1.165, 1.54) is 10.9 Å². The van der Waals surface area contributed by atoms with Gasteiger partial charge in [0.15, 0.2) is 17.0 Å². The fraction of sp³-hybridized carbons (Fsp3) is 0.588. The summed E-state index contributed by atoms with van der Waals surface area (Å²) in [6.45, 7) is 0.0645. The van der Waals surface area contributed by atoms with Crippen LogP contribution in [0, 0.1) is 11.3 Å². The summed E-state index contributed by atoms with van der Waals surface area (Å²) in [5.41, 5.74) is 0.604. The van der Waals surface area contributed by atoms with E-state index in [9.17, 15) is 24.4 Å². The molecule has 2 aliphatic heterocycles. The Balaban J connectivity index is 1.66. The van der Waals surface area contributed by atoms with Gasteiger partial charge < -0.3 is 34.4 Å². The van der Waals surface area contributed by atoms with Crippen LogP contribution in [-0.2, 0) is 14.0 Å². The first-order chi connectivity index (χ1) is 15.1. The van der Waals surface area contributed by atoms with Gasteiger partial charge in [0.25, 0.3) is 0 Å². The molecule has 0 unspecified atom stereocenters. The maximum Gasteiger partial charge on any atom is 0.350 e. The topological polar surface area (TPSA) is 174 Å². The van der Waals surface area contributed by atoms with Crippen LogP contribution < -0.4 is 4.90 Å². The largest absolute Gasteiger partial charge is 0.387 e. The molecule has 0 aromatic carbocycles. The fourth-order valence-corrected chi connectivity index (χ4v) is 4.46. The summed E-state index contributed by atoms with van der Waals surface area (Å²) in [7, 11) is -4.41. The molecular weight excluding hydrogens is 472 g/mol. The lowest BCUT2D eigenvalue weighted by atomic mass is 10.1. The minimum Gasteiger partial charge on any atom is -0.387 e. The maximum atomic E-state index is 13.8. The van der Waals surface area contributed by atoms with Crippen molar-refractivity contribution in [2.45, 2.75) is 37.1 Å². The smallest absolute Gasteiger partial charge is 0.350 e. The van der Waals surface area contributed by atoms with Crippen molar-refractivity contribution in [1.82, 2.24) is 14.8 Å². The monoisotopic (exact) mass is 491 g/mol. The summed E-state index contributed by atoms with van der Waals surface area (Å²) >= 11 is 6.22. The van der Waals surface area contributed by atoms with Crippen LogP contribution in [0.4, 0.5) is 10.1 Å². The summed E-state index contributed by atoms with van der Waals surface area (Å²) in [5, 5.41) is 34.8. The van der Waals surface area contributed by atoms with Gasteiger partial charge in [-0.15, -0.1) is 0 Å². The molecule has 15 heteroatoms. The van der Waals surface area contributed by atoms with Gasteiger partial charge in [-0.1, -0.05) is 11.6 Å². The number of alkyl halides is 1. The molecular formula is C17H20ClFN5O7P. The second-order valence-corrected chi connectivity index (χ2v) is 9.55. The second kappa shape index (κ2) is 8.81. The predicted octanol–water partition coefficient (Wildman–Crippen LogP) is 0.276. The minimum absolute atomic E-state index is 0.0736. The highest BCUT2D eigenvalue weighted by Crippen LogP contribution is 2.39. The van der Waals surface area contributed by atoms with Crippen molar-refractivity contribution in [1.29, 1.82) is 5.26 Å². The molecule has 4 heterocycles. The zero-order valence-electron chi connectivity index (χ0n) is 16.5. The molecule has 2 aromatic rings. The summed E-state index contributed by atoms with van der Waals surface area (Å²) in [6, 6.07) is 1.99. The van der Waals surface area contributed by atoms with Crippen molar-refractivity contribution in [3.63, 3.8) is 0 Å². The fourth-order valence-electron chi connectivity index (χ4n) is 3.91. The van der Waals surface area contributed by atoms with E-state index in [-0.39, 0.29) is 29.5 Å². The van der Waals surface area contributed by atoms with Crippen LogP contribution in [0.3, 0.4) is 0 Å². The van der Waals surface area contributed by atoms with Gasteiger partial charge in [-0.25, -0.2) is 14.1 Å². The van der Waals surface area contributed by atoms with Gasteiger partial charge in [0.05, 0.1) is 23.9 Å². The lowest BCUT2D eigenvalue weighted by Gasteiger charge is -2.21. The molecule has 0 aliphatic carbocycles. The van der Waals surface area contributed by atoms with E-state index >= 15 is 0 Å². The Bertz CT molecular complexity index is 1110. The first-order valence-corrected chi connectivity index (χ1v) is 11.8. The molecule has 0 spiro atoms. The van der Waals surface area contributed by atoms with Crippen LogP contribution >= 0.6 is 19.2 Å². The number of nitrogens with zero attached hydrogens (tertiary/aromatic N) is 5. The number of hydrogen-bond acceptors (Lipinski definition) is 9. The van der Waals surface area contributed by atoms with E-state index in [2.05, 4.69) is 10.1 Å². The molecule has 2 aliphatic rings. The van der Waals surface area contributed by atoms with Crippen molar-refractivity contribution in [3.05, 3.63) is 16.9 Å². The van der Waals surface area contributed by atoms with E-state index in [0.717, 1.165) is 0 Å². The Kier molecular flexibility index (Phi) is 6.41. The molecule has 32 heavy (non-hydrogen) atoms. The zero-order valence-corrected chi connectivity index (χ0v) is 18.1. The van der Waals surface area contributed by atoms with Crippen LogP contribution in [0.1, 0.15) is 18.2 Å². The molecule has 0 amide bonds. The molecule has 0 bridgehead atoms. The molecule has 5 atom stereocenters. The minimum atomic E-state index is -4.41. The first kappa shape index (κ1) is 23.3. The third-order valence-corrected chi connectivity index (χ3v) is 6.14. The van der Waals surface area contributed by atoms with Gasteiger partial charge in [0.2, 0.25) is 0 Å². The SMILES string of the molecule is N#Cc1c(Cl)nc2c(cnn2[C@@H]2O[C@H](COCP(=O)(O)O)[C@@H](O)[C@H]2O)c1N1CC[C@@H](F)C1. The average molecular weight is 492 g/mol. The van der Waals surface area contributed by atoms with Crippen molar-refractivity contribution in [2.75, 3.05) is 30.9 Å². The lowest BCUT2D eigenvalue weighted by Crippen LogP contribution is -2.34. The highest BCUT2D eigenvalue weighted by molar-refractivity contribution is 7.51. The summed E-state index contributed by atoms with van der Waals surface area (Å²) in [4.78, 5) is 23.6. The van der Waals surface area contributed by atoms with Gasteiger partial charge in [-0.05, 0) is 6.42 Å². The number of pyridine rings is 1. The van der Waals surface area contributed by atoms with Crippen molar-refractivity contribution >= 4 is 35.9 Å². The number of ether oxygens (including phenoxy) is 2. The average Bonchev–Trinajstić information content (AvgIpc) is 3.40. The number of halogens is 2. The highest BCUT2D eigenvalue weighted by atomic mass is 35.5. The number of aromatic nitrogens is 3. The van der Waals surface area contributed by atoms with Crippen LogP contribution in [0.15, 0.2) is 6.20 Å². The van der Waals surface area contributed by atoms with Crippen molar-refractivity contribution < 1.29 is 38.4 Å². The standard InChI is InChI=1S/C17H20ClFN5O7P/c18-15-9(3-20)12(23-2-1-8(19)5-23)10-4-21-24(16(10)22-15)17-14(26)13(25)11(31-17)6-30-7-32(27,28)29/h4,8,11,13-14,17,25-26H,1-2,5-7H2,(H2,27,28,29)/t8-,11-,13-,14-,17-/m1/s1. The van der Waals surface area contributed by atoms with E-state index in [4.69, 9.17) is 30.9 Å². The molecule has 174 valence electrons. The quantitative estimate of drug-likeness (QED) is 0.322. The predicted molar refractivity (Wildman–Crippen MR) is 108 cm³/mol. The normalized spacial score (nSPS) is 28.5. The Hall–Kier alpha value is -1.88. The summed E-state index contributed by atoms with van der Waals surface area (Å²) in [5.74, 6) is 0. The molecule has 0 radical (unpaired) electrons. The van der Waals surface area contributed by atoms with Crippen LogP contribution in [-0.4, -0.2) is 85.3 Å². The molecule has 4 N–H and O–H groups in total. The number of aliphatic hydroxyl groups is 2. The number of fused-ring (bicyclic) bond motifs is 1. The molecule has 2 fully saturated rings. The lowest BCUT2D eigenvalue weighted by molar-refractivity contribution is -0.0658. The number of aliphatic hydroxyl groups excluding tert-OH is 2. The molecule has 0 saturated carbocycles. The van der Waals surface area contributed by atoms with Gasteiger partial charge in [0.1, 0.15) is 42.5 Å². The number of nitriles is 1. The molecule has 2 saturated heterocycles. The Labute approximate surface area is 185 Å². The first-order valence-electron chi connectivity index (χ1n) is 9.60. The van der Waals surface area contributed by atoms with Crippen LogP contribution in [0.5, 0.6) is 0 Å². The van der Waals surface area contributed by atoms with Crippen LogP contribution in [0.2, 0.25) is 5.15 Å². The third-order valence-electron chi connectivity index (χ3n) is 5.35. The van der Waals surface area contributed by atoms with Gasteiger partial charge in [-0.2, -0.15) is 10.4 Å². The number of rotatable bonds is 6. The molecule has 4 rings (SSSR count). The summed E-state index contributed by atoms with van der Waals surface area (Å²) < 4.78 is 36.5. The van der Waals surface area contributed by atoms with E-state index in [0.29, 0.717) is 24.0 Å². The number of hydrogen-bond donors (Lipinski definition) is 4. The van der Waals surface area contributed by atoms with Gasteiger partial charge in [-0.3, -0.25) is 4.57 Å². The molecule has 12 nitrogen and oxygen atoms in total. The van der Waals surface area contributed by atoms with Crippen molar-refractivity contribution in [3.8, 4) is 6.07 Å². The number of anilines is 1. The molecule has 2 aromatic heterocycles. The highest BCUT2D eigenvalue weighted by Gasteiger charge is 2.45. The zero-order chi connectivity index (χ0) is 23.2.